The van der Waals surface area contributed by atoms with Crippen LogP contribution >= 0.6 is 47.2 Å². The van der Waals surface area contributed by atoms with E-state index < -0.39 is 5.91 Å². The van der Waals surface area contributed by atoms with Crippen molar-refractivity contribution < 1.29 is 14.4 Å². The molecule has 1 aromatic carbocycles. The van der Waals surface area contributed by atoms with Crippen molar-refractivity contribution in [1.82, 2.24) is 10.0 Å². The van der Waals surface area contributed by atoms with Gasteiger partial charge in [-0.3, -0.25) is 14.4 Å². The molecule has 2 heterocycles. The van der Waals surface area contributed by atoms with E-state index in [9.17, 15) is 14.4 Å². The van der Waals surface area contributed by atoms with Crippen molar-refractivity contribution in [3.05, 3.63) is 38.7 Å². The predicted molar refractivity (Wildman–Crippen MR) is 109 cm³/mol. The fourth-order valence-electron chi connectivity index (χ4n) is 3.73. The average molecular weight is 441 g/mol. The smallest absolute Gasteiger partial charge is 0.272 e. The number of amides is 3. The fraction of sp³-hybridized carbons (Fsp3) is 0.333. The molecule has 2 saturated heterocycles. The van der Waals surface area contributed by atoms with Crippen LogP contribution in [-0.4, -0.2) is 32.1 Å². The lowest BCUT2D eigenvalue weighted by molar-refractivity contribution is -0.158. The maximum atomic E-state index is 12.9. The third kappa shape index (κ3) is 3.20. The summed E-state index contributed by atoms with van der Waals surface area (Å²) in [5, 5.41) is 2.88. The highest BCUT2D eigenvalue weighted by Gasteiger charge is 2.54. The van der Waals surface area contributed by atoms with Gasteiger partial charge in [0, 0.05) is 10.0 Å². The zero-order valence-electron chi connectivity index (χ0n) is 14.0. The van der Waals surface area contributed by atoms with E-state index in [1.165, 1.54) is 0 Å². The molecule has 0 N–H and O–H groups in total. The lowest BCUT2D eigenvalue weighted by Gasteiger charge is -2.24. The normalized spacial score (nSPS) is 27.1. The van der Waals surface area contributed by atoms with Gasteiger partial charge in [0.15, 0.2) is 4.32 Å². The second-order valence-electron chi connectivity index (χ2n) is 6.65. The summed E-state index contributed by atoms with van der Waals surface area (Å²) in [5.74, 6) is -1.83. The van der Waals surface area contributed by atoms with Gasteiger partial charge in [0.2, 0.25) is 0 Å². The number of rotatable bonds is 2. The molecule has 1 aliphatic carbocycles. The van der Waals surface area contributed by atoms with Crippen molar-refractivity contribution in [3.63, 3.8) is 0 Å². The molecule has 5 nitrogen and oxygen atoms in total. The molecule has 3 fully saturated rings. The van der Waals surface area contributed by atoms with Crippen molar-refractivity contribution in [1.29, 1.82) is 0 Å². The molecule has 4 rings (SSSR count). The number of nitrogens with zero attached hydrogens (tertiary/aromatic N) is 2. The van der Waals surface area contributed by atoms with E-state index in [4.69, 9.17) is 35.4 Å². The SMILES string of the molecule is O=C1/C(=C/c2ccc(Cl)cc2Cl)SC(=S)N1N1C(=O)[C@@H]2CCCC[C@H]2C1=O. The third-order valence-corrected chi connectivity index (χ3v) is 6.89. The predicted octanol–water partition coefficient (Wildman–Crippen LogP) is 4.28. The Balaban J connectivity index is 1.64. The number of hydrogen-bond acceptors (Lipinski definition) is 5. The molecule has 140 valence electrons. The van der Waals surface area contributed by atoms with Gasteiger partial charge in [0.1, 0.15) is 0 Å². The molecule has 0 radical (unpaired) electrons. The number of fused-ring (bicyclic) bond motifs is 1. The summed E-state index contributed by atoms with van der Waals surface area (Å²) in [4.78, 5) is 38.8. The maximum Gasteiger partial charge on any atom is 0.285 e. The van der Waals surface area contributed by atoms with Crippen molar-refractivity contribution >= 4 is 75.3 Å². The topological polar surface area (TPSA) is 57.7 Å². The molecule has 1 saturated carbocycles. The Kier molecular flexibility index (Phi) is 5.05. The van der Waals surface area contributed by atoms with Crippen LogP contribution in [0, 0.1) is 11.8 Å². The molecule has 3 amide bonds. The summed E-state index contributed by atoms with van der Waals surface area (Å²) >= 11 is 18.4. The zero-order chi connectivity index (χ0) is 19.3. The lowest BCUT2D eigenvalue weighted by atomic mass is 9.81. The first-order chi connectivity index (χ1) is 12.9. The maximum absolute atomic E-state index is 12.9. The van der Waals surface area contributed by atoms with Gasteiger partial charge < -0.3 is 0 Å². The Hall–Kier alpha value is -1.41. The molecular weight excluding hydrogens is 427 g/mol. The highest BCUT2D eigenvalue weighted by molar-refractivity contribution is 8.26. The van der Waals surface area contributed by atoms with Crippen molar-refractivity contribution in [2.24, 2.45) is 11.8 Å². The van der Waals surface area contributed by atoms with E-state index >= 15 is 0 Å². The third-order valence-electron chi connectivity index (χ3n) is 5.04. The van der Waals surface area contributed by atoms with Gasteiger partial charge in [-0.15, -0.1) is 0 Å². The minimum atomic E-state index is -0.489. The van der Waals surface area contributed by atoms with Crippen molar-refractivity contribution in [3.8, 4) is 0 Å². The van der Waals surface area contributed by atoms with Gasteiger partial charge in [-0.2, -0.15) is 10.0 Å². The van der Waals surface area contributed by atoms with Gasteiger partial charge in [-0.25, -0.2) is 0 Å². The Morgan fingerprint density at radius 1 is 1.04 bits per heavy atom. The van der Waals surface area contributed by atoms with Crippen LogP contribution in [0.4, 0.5) is 0 Å². The Labute approximate surface area is 175 Å². The lowest BCUT2D eigenvalue weighted by Crippen LogP contribution is -2.49. The van der Waals surface area contributed by atoms with Gasteiger partial charge in [-0.1, -0.05) is 53.9 Å². The number of benzene rings is 1. The minimum Gasteiger partial charge on any atom is -0.272 e. The highest BCUT2D eigenvalue weighted by atomic mass is 35.5. The van der Waals surface area contributed by atoms with E-state index in [-0.39, 0.29) is 28.0 Å². The van der Waals surface area contributed by atoms with Crippen LogP contribution in [0.5, 0.6) is 0 Å². The van der Waals surface area contributed by atoms with Crippen LogP contribution in [-0.2, 0) is 14.4 Å². The van der Waals surface area contributed by atoms with Crippen LogP contribution in [0.15, 0.2) is 23.1 Å². The molecule has 2 atom stereocenters. The number of carbonyl (C=O) groups excluding carboxylic acids is 3. The van der Waals surface area contributed by atoms with Crippen molar-refractivity contribution in [2.45, 2.75) is 25.7 Å². The van der Waals surface area contributed by atoms with Crippen LogP contribution in [0.1, 0.15) is 31.2 Å². The molecule has 0 spiro atoms. The number of hydrazine groups is 1. The van der Waals surface area contributed by atoms with E-state index in [1.807, 2.05) is 0 Å². The number of hydrogen-bond donors (Lipinski definition) is 0. The van der Waals surface area contributed by atoms with Gasteiger partial charge >= 0.3 is 0 Å². The molecule has 3 aliphatic rings. The van der Waals surface area contributed by atoms with Gasteiger partial charge in [-0.05, 0) is 48.8 Å². The molecule has 0 aromatic heterocycles. The first-order valence-corrected chi connectivity index (χ1v) is 10.5. The summed E-state index contributed by atoms with van der Waals surface area (Å²) in [6.45, 7) is 0. The summed E-state index contributed by atoms with van der Waals surface area (Å²) in [6.07, 6.45) is 4.78. The summed E-state index contributed by atoms with van der Waals surface area (Å²) in [7, 11) is 0. The van der Waals surface area contributed by atoms with E-state index in [0.29, 0.717) is 33.4 Å². The molecule has 0 bridgehead atoms. The second kappa shape index (κ2) is 7.20. The van der Waals surface area contributed by atoms with E-state index in [0.717, 1.165) is 34.6 Å². The zero-order valence-corrected chi connectivity index (χ0v) is 17.1. The first kappa shape index (κ1) is 18.9. The number of thiocarbonyl (C=S) groups is 1. The summed E-state index contributed by atoms with van der Waals surface area (Å²) in [6, 6.07) is 4.93. The largest absolute Gasteiger partial charge is 0.285 e. The first-order valence-electron chi connectivity index (χ1n) is 8.49. The highest BCUT2D eigenvalue weighted by Crippen LogP contribution is 2.42. The molecule has 27 heavy (non-hydrogen) atoms. The van der Waals surface area contributed by atoms with E-state index in [1.54, 1.807) is 24.3 Å². The summed E-state index contributed by atoms with van der Waals surface area (Å²) < 4.78 is 0.164. The molecule has 1 aromatic rings. The average Bonchev–Trinajstić information content (AvgIpc) is 3.04. The van der Waals surface area contributed by atoms with Crippen molar-refractivity contribution in [2.75, 3.05) is 0 Å². The quantitative estimate of drug-likeness (QED) is 0.390. The fourth-order valence-corrected chi connectivity index (χ4v) is 5.43. The van der Waals surface area contributed by atoms with Gasteiger partial charge in [0.25, 0.3) is 17.7 Å². The second-order valence-corrected chi connectivity index (χ2v) is 9.16. The monoisotopic (exact) mass is 440 g/mol. The molecule has 0 unspecified atom stereocenters. The van der Waals surface area contributed by atoms with Gasteiger partial charge in [0.05, 0.1) is 16.7 Å². The Bertz CT molecular complexity index is 894. The van der Waals surface area contributed by atoms with Crippen LogP contribution in [0.3, 0.4) is 0 Å². The van der Waals surface area contributed by atoms with Crippen LogP contribution in [0.25, 0.3) is 6.08 Å². The minimum absolute atomic E-state index is 0.164. The molecule has 2 aliphatic heterocycles. The number of thioether (sulfide) groups is 1. The molecular formula is C18H14Cl2N2O3S2. The number of halogens is 2. The van der Waals surface area contributed by atoms with E-state index in [2.05, 4.69) is 0 Å². The summed E-state index contributed by atoms with van der Waals surface area (Å²) in [5.41, 5.74) is 0.606. The number of imide groups is 1. The standard InChI is InChI=1S/C18H14Cl2N2O3S2/c19-10-6-5-9(13(20)8-10)7-14-17(25)22(18(26)27-14)21-15(23)11-3-1-2-4-12(11)16(21)24/h5-8,11-12H,1-4H2/b14-7-/t11-,12-/m1/s1. The van der Waals surface area contributed by atoms with Crippen LogP contribution < -0.4 is 0 Å². The Morgan fingerprint density at radius 2 is 1.67 bits per heavy atom. The molecule has 9 heteroatoms. The Morgan fingerprint density at radius 3 is 2.26 bits per heavy atom. The number of carbonyl (C=O) groups is 3. The van der Waals surface area contributed by atoms with Crippen LogP contribution in [0.2, 0.25) is 10.0 Å².